The highest BCUT2D eigenvalue weighted by Crippen LogP contribution is 2.28. The molecule has 0 amide bonds. The first-order chi connectivity index (χ1) is 8.09. The molecule has 1 fully saturated rings. The van der Waals surface area contributed by atoms with Crippen LogP contribution in [-0.2, 0) is 6.42 Å². The van der Waals surface area contributed by atoms with Crippen molar-refractivity contribution in [3.05, 3.63) is 34.1 Å². The fraction of sp³-hybridized carbons (Fsp3) is 0.538. The first kappa shape index (κ1) is 13.0. The predicted octanol–water partition coefficient (Wildman–Crippen LogP) is 2.64. The molecule has 1 saturated heterocycles. The minimum Gasteiger partial charge on any atom is -0.389 e. The Labute approximate surface area is 109 Å². The summed E-state index contributed by atoms with van der Waals surface area (Å²) in [6.07, 6.45) is 2.95. The van der Waals surface area contributed by atoms with Crippen LogP contribution in [0, 0.1) is 5.82 Å². The zero-order valence-electron chi connectivity index (χ0n) is 9.68. The number of nitrogens with one attached hydrogen (secondary N) is 1. The first-order valence-electron chi connectivity index (χ1n) is 5.96. The summed E-state index contributed by atoms with van der Waals surface area (Å²) in [6, 6.07) is 4.62. The molecule has 0 aromatic heterocycles. The Bertz CT molecular complexity index is 389. The molecule has 0 radical (unpaired) electrons. The van der Waals surface area contributed by atoms with Gasteiger partial charge in [0.2, 0.25) is 0 Å². The van der Waals surface area contributed by atoms with Crippen molar-refractivity contribution in [2.75, 3.05) is 13.1 Å². The molecule has 0 spiro atoms. The first-order valence-corrected chi connectivity index (χ1v) is 6.75. The zero-order chi connectivity index (χ0) is 12.3. The Kier molecular flexibility index (Phi) is 4.17. The number of rotatable bonds is 2. The Hall–Kier alpha value is -0.450. The lowest BCUT2D eigenvalue weighted by Crippen LogP contribution is -2.32. The molecule has 1 aromatic carbocycles. The molecule has 1 aliphatic rings. The third kappa shape index (κ3) is 3.50. The molecule has 1 aromatic rings. The Balaban J connectivity index is 2.15. The Morgan fingerprint density at radius 2 is 2.18 bits per heavy atom. The Morgan fingerprint density at radius 1 is 1.35 bits per heavy atom. The van der Waals surface area contributed by atoms with E-state index < -0.39 is 5.60 Å². The summed E-state index contributed by atoms with van der Waals surface area (Å²) in [5, 5.41) is 13.8. The monoisotopic (exact) mass is 301 g/mol. The molecule has 1 heterocycles. The summed E-state index contributed by atoms with van der Waals surface area (Å²) in [5.41, 5.74) is 0.134. The van der Waals surface area contributed by atoms with Gasteiger partial charge in [-0.05, 0) is 56.1 Å². The minimum atomic E-state index is -0.709. The smallest absolute Gasteiger partial charge is 0.123 e. The zero-order valence-corrected chi connectivity index (χ0v) is 11.3. The van der Waals surface area contributed by atoms with Gasteiger partial charge in [-0.3, -0.25) is 0 Å². The van der Waals surface area contributed by atoms with Gasteiger partial charge in [-0.15, -0.1) is 0 Å². The van der Waals surface area contributed by atoms with Crippen LogP contribution in [0.5, 0.6) is 0 Å². The van der Waals surface area contributed by atoms with Crippen molar-refractivity contribution in [2.24, 2.45) is 0 Å². The van der Waals surface area contributed by atoms with Crippen LogP contribution in [0.1, 0.15) is 24.8 Å². The van der Waals surface area contributed by atoms with E-state index in [0.29, 0.717) is 6.42 Å². The highest BCUT2D eigenvalue weighted by atomic mass is 79.9. The van der Waals surface area contributed by atoms with Crippen molar-refractivity contribution in [3.63, 3.8) is 0 Å². The van der Waals surface area contributed by atoms with Gasteiger partial charge in [0.15, 0.2) is 0 Å². The summed E-state index contributed by atoms with van der Waals surface area (Å²) in [4.78, 5) is 0. The maximum absolute atomic E-state index is 13.2. The van der Waals surface area contributed by atoms with Crippen LogP contribution in [0.25, 0.3) is 0 Å². The molecule has 17 heavy (non-hydrogen) atoms. The summed E-state index contributed by atoms with van der Waals surface area (Å²) in [5.74, 6) is -0.251. The number of benzene rings is 1. The summed E-state index contributed by atoms with van der Waals surface area (Å²) >= 11 is 3.41. The van der Waals surface area contributed by atoms with Crippen LogP contribution in [0.2, 0.25) is 0 Å². The van der Waals surface area contributed by atoms with Crippen LogP contribution in [-0.4, -0.2) is 23.8 Å². The van der Waals surface area contributed by atoms with Gasteiger partial charge in [0.25, 0.3) is 0 Å². The maximum Gasteiger partial charge on any atom is 0.123 e. The summed E-state index contributed by atoms with van der Waals surface area (Å²) in [6.45, 7) is 1.77. The van der Waals surface area contributed by atoms with Crippen molar-refractivity contribution in [3.8, 4) is 0 Å². The van der Waals surface area contributed by atoms with E-state index in [0.717, 1.165) is 42.4 Å². The van der Waals surface area contributed by atoms with E-state index >= 15 is 0 Å². The maximum atomic E-state index is 13.2. The van der Waals surface area contributed by atoms with Gasteiger partial charge < -0.3 is 10.4 Å². The molecule has 0 aliphatic carbocycles. The minimum absolute atomic E-state index is 0.251. The third-order valence-corrected chi connectivity index (χ3v) is 4.06. The topological polar surface area (TPSA) is 32.3 Å². The van der Waals surface area contributed by atoms with E-state index in [1.165, 1.54) is 12.1 Å². The van der Waals surface area contributed by atoms with E-state index in [4.69, 9.17) is 0 Å². The molecule has 0 bridgehead atoms. The van der Waals surface area contributed by atoms with Crippen LogP contribution >= 0.6 is 15.9 Å². The predicted molar refractivity (Wildman–Crippen MR) is 69.5 cm³/mol. The third-order valence-electron chi connectivity index (χ3n) is 3.29. The normalized spacial score (nSPS) is 25.6. The molecule has 2 nitrogen and oxygen atoms in total. The number of hydrogen-bond donors (Lipinski definition) is 2. The average Bonchev–Trinajstić information content (AvgIpc) is 2.49. The molecule has 2 N–H and O–H groups in total. The standard InChI is InChI=1S/C13H17BrFNO/c14-12-3-2-11(15)8-10(12)9-13(17)4-1-6-16-7-5-13/h2-3,8,16-17H,1,4-7,9H2. The number of aliphatic hydroxyl groups is 1. The van der Waals surface area contributed by atoms with Gasteiger partial charge >= 0.3 is 0 Å². The number of halogens is 2. The quantitative estimate of drug-likeness (QED) is 0.880. The molecule has 1 aliphatic heterocycles. The fourth-order valence-electron chi connectivity index (χ4n) is 2.32. The van der Waals surface area contributed by atoms with E-state index in [1.54, 1.807) is 6.07 Å². The van der Waals surface area contributed by atoms with E-state index in [2.05, 4.69) is 21.2 Å². The number of hydrogen-bond acceptors (Lipinski definition) is 2. The van der Waals surface area contributed by atoms with Crippen LogP contribution in [0.15, 0.2) is 22.7 Å². The van der Waals surface area contributed by atoms with E-state index in [9.17, 15) is 9.50 Å². The van der Waals surface area contributed by atoms with Crippen molar-refractivity contribution in [1.82, 2.24) is 5.32 Å². The van der Waals surface area contributed by atoms with Gasteiger partial charge in [-0.25, -0.2) is 4.39 Å². The van der Waals surface area contributed by atoms with Gasteiger partial charge in [-0.1, -0.05) is 15.9 Å². The molecule has 1 unspecified atom stereocenters. The van der Waals surface area contributed by atoms with Crippen LogP contribution in [0.4, 0.5) is 4.39 Å². The molecular weight excluding hydrogens is 285 g/mol. The second-order valence-electron chi connectivity index (χ2n) is 4.74. The molecule has 0 saturated carbocycles. The summed E-state index contributed by atoms with van der Waals surface area (Å²) < 4.78 is 14.1. The average molecular weight is 302 g/mol. The molecule has 4 heteroatoms. The molecular formula is C13H17BrFNO. The van der Waals surface area contributed by atoms with Crippen LogP contribution < -0.4 is 5.32 Å². The second kappa shape index (κ2) is 5.46. The van der Waals surface area contributed by atoms with Crippen LogP contribution in [0.3, 0.4) is 0 Å². The van der Waals surface area contributed by atoms with Gasteiger partial charge in [0.05, 0.1) is 5.60 Å². The second-order valence-corrected chi connectivity index (χ2v) is 5.59. The van der Waals surface area contributed by atoms with Crippen molar-refractivity contribution in [1.29, 1.82) is 0 Å². The summed E-state index contributed by atoms with van der Waals surface area (Å²) in [7, 11) is 0. The highest BCUT2D eigenvalue weighted by molar-refractivity contribution is 9.10. The molecule has 94 valence electrons. The van der Waals surface area contributed by atoms with E-state index in [-0.39, 0.29) is 5.82 Å². The fourth-order valence-corrected chi connectivity index (χ4v) is 2.71. The van der Waals surface area contributed by atoms with Gasteiger partial charge in [0.1, 0.15) is 5.82 Å². The molecule has 2 rings (SSSR count). The lowest BCUT2D eigenvalue weighted by Gasteiger charge is -2.26. The van der Waals surface area contributed by atoms with Gasteiger partial charge in [-0.2, -0.15) is 0 Å². The van der Waals surface area contributed by atoms with Crippen molar-refractivity contribution >= 4 is 15.9 Å². The Morgan fingerprint density at radius 3 is 3.00 bits per heavy atom. The van der Waals surface area contributed by atoms with Crippen molar-refractivity contribution in [2.45, 2.75) is 31.3 Å². The van der Waals surface area contributed by atoms with Gasteiger partial charge in [0, 0.05) is 10.9 Å². The lowest BCUT2D eigenvalue weighted by molar-refractivity contribution is 0.0283. The highest BCUT2D eigenvalue weighted by Gasteiger charge is 2.28. The lowest BCUT2D eigenvalue weighted by atomic mass is 9.88. The SMILES string of the molecule is OC1(Cc2cc(F)ccc2Br)CCCNCC1. The van der Waals surface area contributed by atoms with E-state index in [1.807, 2.05) is 0 Å². The van der Waals surface area contributed by atoms with Crippen molar-refractivity contribution < 1.29 is 9.50 Å². The largest absolute Gasteiger partial charge is 0.389 e. The molecule has 1 atom stereocenters.